The summed E-state index contributed by atoms with van der Waals surface area (Å²) < 4.78 is 44.9. The van der Waals surface area contributed by atoms with Crippen LogP contribution in [0.1, 0.15) is 6.92 Å². The summed E-state index contributed by atoms with van der Waals surface area (Å²) in [4.78, 5) is 13.0. The van der Waals surface area contributed by atoms with Crippen molar-refractivity contribution in [3.63, 3.8) is 0 Å². The minimum atomic E-state index is -1.97. The number of benzene rings is 2. The minimum Gasteiger partial charge on any atom is -0.507 e. The maximum atomic E-state index is 13.0. The van der Waals surface area contributed by atoms with Crippen LogP contribution in [0.25, 0.3) is 22.3 Å². The molecular formula is C34H42O20. The Bertz CT molecular complexity index is 1820. The Morgan fingerprint density at radius 2 is 1.37 bits per heavy atom. The van der Waals surface area contributed by atoms with Gasteiger partial charge in [-0.2, -0.15) is 0 Å². The van der Waals surface area contributed by atoms with Gasteiger partial charge in [-0.15, -0.1) is 0 Å². The monoisotopic (exact) mass is 770 g/mol. The highest BCUT2D eigenvalue weighted by atomic mass is 16.8. The standard InChI is InChI=1S/C34H42O20/c1-11-23(39)25(41)28(44)32(49-11)48-10-21-31(54-34-29(45)26(42)24(40)20(9-35)52-34)27(43)30(46)33(53-21)50-13-6-15(37)22-16(38)8-18(51-19(22)7-13)12-3-4-17(47-2)14(36)5-12/h3-8,11,20-21,23-37,39-46H,9-10H2,1-2H3/t11-,20+,21+,23-,24+,25+,26-,27+,28+,29+,30+,31+,32+,33+,34+/m0/s1. The fourth-order valence-corrected chi connectivity index (χ4v) is 6.41. The third-order valence-corrected chi connectivity index (χ3v) is 9.51. The number of hydrogen-bond acceptors (Lipinski definition) is 20. The van der Waals surface area contributed by atoms with E-state index in [1.165, 1.54) is 38.3 Å². The minimum absolute atomic E-state index is 0.00384. The number of hydrogen-bond donors (Lipinski definition) is 11. The lowest BCUT2D eigenvalue weighted by Gasteiger charge is -2.46. The quantitative estimate of drug-likeness (QED) is 0.0964. The van der Waals surface area contributed by atoms with Crippen LogP contribution < -0.4 is 14.9 Å². The molecule has 54 heavy (non-hydrogen) atoms. The van der Waals surface area contributed by atoms with E-state index in [1.807, 2.05) is 0 Å². The summed E-state index contributed by atoms with van der Waals surface area (Å²) in [5, 5.41) is 115. The van der Waals surface area contributed by atoms with Gasteiger partial charge in [-0.05, 0) is 25.1 Å². The molecule has 2 aromatic carbocycles. The van der Waals surface area contributed by atoms with Crippen LogP contribution in [0.15, 0.2) is 45.6 Å². The second-order valence-corrected chi connectivity index (χ2v) is 13.1. The van der Waals surface area contributed by atoms with Crippen molar-refractivity contribution >= 4 is 11.0 Å². The Labute approximate surface area is 305 Å². The molecule has 3 aromatic rings. The number of phenols is 2. The molecule has 20 nitrogen and oxygen atoms in total. The molecule has 0 saturated carbocycles. The zero-order valence-electron chi connectivity index (χ0n) is 28.6. The van der Waals surface area contributed by atoms with E-state index in [2.05, 4.69) is 0 Å². The molecule has 3 aliphatic rings. The van der Waals surface area contributed by atoms with E-state index in [0.717, 1.165) is 12.1 Å². The van der Waals surface area contributed by atoms with Crippen LogP contribution in [-0.4, -0.2) is 169 Å². The lowest BCUT2D eigenvalue weighted by Crippen LogP contribution is -2.65. The number of methoxy groups -OCH3 is 1. The van der Waals surface area contributed by atoms with E-state index >= 15 is 0 Å². The van der Waals surface area contributed by atoms with Gasteiger partial charge >= 0.3 is 0 Å². The lowest BCUT2D eigenvalue weighted by atomic mass is 9.97. The summed E-state index contributed by atoms with van der Waals surface area (Å²) in [5.41, 5.74) is -0.556. The highest BCUT2D eigenvalue weighted by molar-refractivity contribution is 5.86. The van der Waals surface area contributed by atoms with Crippen LogP contribution in [0.5, 0.6) is 23.0 Å². The summed E-state index contributed by atoms with van der Waals surface area (Å²) in [6.45, 7) is -0.0439. The lowest BCUT2D eigenvalue weighted by molar-refractivity contribution is -0.359. The molecule has 3 aliphatic heterocycles. The van der Waals surface area contributed by atoms with Crippen LogP contribution in [-0.2, 0) is 23.7 Å². The second kappa shape index (κ2) is 16.2. The smallest absolute Gasteiger partial charge is 0.229 e. The van der Waals surface area contributed by atoms with Gasteiger partial charge in [0.1, 0.15) is 95.4 Å². The number of phenolic OH excluding ortho intramolecular Hbond substituents is 2. The zero-order valence-corrected chi connectivity index (χ0v) is 28.6. The average molecular weight is 771 g/mol. The molecule has 0 radical (unpaired) electrons. The molecule has 1 aromatic heterocycles. The van der Waals surface area contributed by atoms with Gasteiger partial charge in [-0.1, -0.05) is 0 Å². The topological polar surface area (TPSA) is 317 Å². The number of aliphatic hydroxyl groups is 9. The van der Waals surface area contributed by atoms with E-state index in [-0.39, 0.29) is 39.5 Å². The van der Waals surface area contributed by atoms with Gasteiger partial charge < -0.3 is 93.7 Å². The molecule has 4 heterocycles. The molecule has 298 valence electrons. The molecule has 0 aliphatic carbocycles. The van der Waals surface area contributed by atoms with Crippen LogP contribution in [0.2, 0.25) is 0 Å². The predicted molar refractivity (Wildman–Crippen MR) is 176 cm³/mol. The van der Waals surface area contributed by atoms with E-state index in [9.17, 15) is 61.0 Å². The maximum absolute atomic E-state index is 13.0. The van der Waals surface area contributed by atoms with Crippen molar-refractivity contribution in [3.05, 3.63) is 46.6 Å². The van der Waals surface area contributed by atoms with E-state index in [0.29, 0.717) is 0 Å². The molecule has 0 spiro atoms. The fourth-order valence-electron chi connectivity index (χ4n) is 6.41. The third-order valence-electron chi connectivity index (χ3n) is 9.51. The summed E-state index contributed by atoms with van der Waals surface area (Å²) in [7, 11) is 1.36. The second-order valence-electron chi connectivity index (χ2n) is 13.1. The fraction of sp³-hybridized carbons (Fsp3) is 0.559. The van der Waals surface area contributed by atoms with Crippen molar-refractivity contribution in [1.82, 2.24) is 0 Å². The Hall–Kier alpha value is -3.71. The van der Waals surface area contributed by atoms with Crippen LogP contribution in [0.3, 0.4) is 0 Å². The van der Waals surface area contributed by atoms with Gasteiger partial charge in [-0.3, -0.25) is 4.79 Å². The van der Waals surface area contributed by atoms with Crippen molar-refractivity contribution in [2.24, 2.45) is 0 Å². The summed E-state index contributed by atoms with van der Waals surface area (Å²) in [5.74, 6) is -0.899. The molecule has 11 N–H and O–H groups in total. The summed E-state index contributed by atoms with van der Waals surface area (Å²) in [6, 6.07) is 7.56. The summed E-state index contributed by atoms with van der Waals surface area (Å²) >= 11 is 0. The first-order chi connectivity index (χ1) is 25.6. The SMILES string of the molecule is COc1ccc(-c2cc(=O)c3c(O)cc(O[C@@H]4O[C@H](CO[C@@H]5O[C@@H](C)[C@H](O)[C@@H](O)[C@H]5O)[C@@H](O[C@H]5O[C@H](CO)[C@@H](O)[C@H](O)[C@H]5O)[C@H](O)[C@H]4O)cc3o2)cc1O. The molecule has 15 atom stereocenters. The number of ether oxygens (including phenoxy) is 7. The molecular weight excluding hydrogens is 728 g/mol. The molecule has 20 heteroatoms. The van der Waals surface area contributed by atoms with Crippen LogP contribution >= 0.6 is 0 Å². The number of aliphatic hydroxyl groups excluding tert-OH is 9. The van der Waals surface area contributed by atoms with E-state index in [4.69, 9.17) is 37.6 Å². The van der Waals surface area contributed by atoms with Crippen molar-refractivity contribution in [1.29, 1.82) is 0 Å². The molecule has 3 fully saturated rings. The Balaban J connectivity index is 1.28. The Morgan fingerprint density at radius 3 is 2.06 bits per heavy atom. The first-order valence-electron chi connectivity index (χ1n) is 16.8. The number of rotatable bonds is 10. The highest BCUT2D eigenvalue weighted by Crippen LogP contribution is 2.37. The van der Waals surface area contributed by atoms with Gasteiger partial charge in [0.25, 0.3) is 0 Å². The van der Waals surface area contributed by atoms with Gasteiger partial charge in [0.2, 0.25) is 6.29 Å². The Morgan fingerprint density at radius 1 is 0.704 bits per heavy atom. The number of fused-ring (bicyclic) bond motifs is 1. The molecule has 0 bridgehead atoms. The highest BCUT2D eigenvalue weighted by Gasteiger charge is 2.52. The van der Waals surface area contributed by atoms with E-state index < -0.39 is 117 Å². The first kappa shape index (κ1) is 40.0. The van der Waals surface area contributed by atoms with Gasteiger partial charge in [0.05, 0.1) is 26.4 Å². The maximum Gasteiger partial charge on any atom is 0.229 e. The Kier molecular flexibility index (Phi) is 12.0. The molecule has 0 unspecified atom stereocenters. The van der Waals surface area contributed by atoms with Gasteiger partial charge in [0, 0.05) is 23.8 Å². The first-order valence-corrected chi connectivity index (χ1v) is 16.8. The van der Waals surface area contributed by atoms with Gasteiger partial charge in [-0.25, -0.2) is 0 Å². The third kappa shape index (κ3) is 7.72. The largest absolute Gasteiger partial charge is 0.507 e. The van der Waals surface area contributed by atoms with Crippen molar-refractivity contribution < 1.29 is 93.7 Å². The number of aromatic hydroxyl groups is 2. The van der Waals surface area contributed by atoms with Crippen LogP contribution in [0, 0.1) is 0 Å². The zero-order chi connectivity index (χ0) is 39.2. The molecule has 3 saturated heterocycles. The van der Waals surface area contributed by atoms with Crippen molar-refractivity contribution in [2.75, 3.05) is 20.3 Å². The van der Waals surface area contributed by atoms with Gasteiger partial charge in [0.15, 0.2) is 29.5 Å². The normalized spacial score (nSPS) is 37.3. The average Bonchev–Trinajstić information content (AvgIpc) is 3.14. The van der Waals surface area contributed by atoms with Crippen LogP contribution in [0.4, 0.5) is 0 Å². The summed E-state index contributed by atoms with van der Waals surface area (Å²) in [6.07, 6.45) is -25.1. The predicted octanol–water partition coefficient (Wildman–Crippen LogP) is -3.27. The molecule has 0 amide bonds. The van der Waals surface area contributed by atoms with E-state index in [1.54, 1.807) is 0 Å². The molecule has 6 rings (SSSR count). The van der Waals surface area contributed by atoms with Crippen molar-refractivity contribution in [2.45, 2.75) is 99.0 Å². The van der Waals surface area contributed by atoms with Crippen molar-refractivity contribution in [3.8, 4) is 34.3 Å².